The fraction of sp³-hybridized carbons (Fsp3) is 0.0667. The topological polar surface area (TPSA) is 116 Å². The van der Waals surface area contributed by atoms with E-state index in [1.807, 2.05) is 0 Å². The van der Waals surface area contributed by atoms with Crippen molar-refractivity contribution in [2.75, 3.05) is 0 Å². The van der Waals surface area contributed by atoms with Gasteiger partial charge < -0.3 is 5.32 Å². The summed E-state index contributed by atoms with van der Waals surface area (Å²) >= 11 is 0. The fourth-order valence-corrected chi connectivity index (χ4v) is 2.12. The zero-order valence-corrected chi connectivity index (χ0v) is 12.7. The van der Waals surface area contributed by atoms with E-state index in [9.17, 15) is 19.3 Å². The molecule has 9 nitrogen and oxygen atoms in total. The summed E-state index contributed by atoms with van der Waals surface area (Å²) in [6, 6.07) is 10.9. The van der Waals surface area contributed by atoms with Gasteiger partial charge in [0.25, 0.3) is 11.6 Å². The first-order valence-corrected chi connectivity index (χ1v) is 7.10. The van der Waals surface area contributed by atoms with Crippen molar-refractivity contribution in [3.05, 3.63) is 75.9 Å². The summed E-state index contributed by atoms with van der Waals surface area (Å²) in [5, 5.41) is 24.5. The minimum absolute atomic E-state index is 0.00803. The van der Waals surface area contributed by atoms with Gasteiger partial charge in [-0.15, -0.1) is 5.10 Å². The van der Waals surface area contributed by atoms with Crippen molar-refractivity contribution in [1.29, 1.82) is 0 Å². The number of hydrogen-bond acceptors (Lipinski definition) is 6. The Morgan fingerprint density at radius 1 is 1.24 bits per heavy atom. The second kappa shape index (κ2) is 6.83. The molecule has 1 heterocycles. The molecule has 0 aliphatic carbocycles. The van der Waals surface area contributed by atoms with Crippen molar-refractivity contribution in [2.45, 2.75) is 6.54 Å². The van der Waals surface area contributed by atoms with Crippen LogP contribution in [0.25, 0.3) is 5.69 Å². The normalized spacial score (nSPS) is 10.4. The van der Waals surface area contributed by atoms with Crippen LogP contribution in [0.5, 0.6) is 0 Å². The van der Waals surface area contributed by atoms with Crippen LogP contribution in [-0.2, 0) is 6.54 Å². The lowest BCUT2D eigenvalue weighted by atomic mass is 10.2. The molecule has 0 radical (unpaired) electrons. The third-order valence-corrected chi connectivity index (χ3v) is 3.33. The third-order valence-electron chi connectivity index (χ3n) is 3.33. The minimum Gasteiger partial charge on any atom is -0.345 e. The monoisotopic (exact) mass is 342 g/mol. The Labute approximate surface area is 140 Å². The first-order valence-electron chi connectivity index (χ1n) is 7.10. The zero-order valence-electron chi connectivity index (χ0n) is 12.7. The number of carbonyl (C=O) groups excluding carboxylic acids is 1. The molecule has 0 unspecified atom stereocenters. The van der Waals surface area contributed by atoms with E-state index in [0.29, 0.717) is 11.5 Å². The predicted molar refractivity (Wildman–Crippen MR) is 83.4 cm³/mol. The smallest absolute Gasteiger partial charge is 0.270 e. The molecule has 0 saturated heterocycles. The quantitative estimate of drug-likeness (QED) is 0.556. The van der Waals surface area contributed by atoms with Gasteiger partial charge >= 0.3 is 0 Å². The van der Waals surface area contributed by atoms with Crippen LogP contribution in [0.4, 0.5) is 10.1 Å². The van der Waals surface area contributed by atoms with E-state index in [0.717, 1.165) is 0 Å². The standard InChI is InChI=1S/C15H11FN6O3/c16-11-4-6-12(7-5-11)21-14(18-19-20-21)9-17-15(23)10-2-1-3-13(8-10)22(24)25/h1-8H,9H2,(H,17,23). The third kappa shape index (κ3) is 3.63. The van der Waals surface area contributed by atoms with Crippen LogP contribution >= 0.6 is 0 Å². The molecule has 10 heteroatoms. The number of benzene rings is 2. The minimum atomic E-state index is -0.578. The summed E-state index contributed by atoms with van der Waals surface area (Å²) in [7, 11) is 0. The predicted octanol–water partition coefficient (Wildman–Crippen LogP) is 1.64. The zero-order chi connectivity index (χ0) is 17.8. The molecule has 3 aromatic rings. The maximum atomic E-state index is 13.0. The Kier molecular flexibility index (Phi) is 4.42. The SMILES string of the molecule is O=C(NCc1nnnn1-c1ccc(F)cc1)c1cccc([N+](=O)[O-])c1. The molecule has 0 bridgehead atoms. The highest BCUT2D eigenvalue weighted by atomic mass is 19.1. The van der Waals surface area contributed by atoms with E-state index in [-0.39, 0.29) is 17.8 Å². The number of nitrogens with one attached hydrogen (secondary N) is 1. The van der Waals surface area contributed by atoms with Crippen LogP contribution in [0.3, 0.4) is 0 Å². The number of non-ortho nitro benzene ring substituents is 1. The largest absolute Gasteiger partial charge is 0.345 e. The first-order chi connectivity index (χ1) is 12.0. The van der Waals surface area contributed by atoms with Gasteiger partial charge in [-0.05, 0) is 40.8 Å². The molecule has 0 saturated carbocycles. The van der Waals surface area contributed by atoms with E-state index in [1.54, 1.807) is 0 Å². The Morgan fingerprint density at radius 3 is 2.72 bits per heavy atom. The lowest BCUT2D eigenvalue weighted by molar-refractivity contribution is -0.384. The molecule has 2 aromatic carbocycles. The molecule has 0 aliphatic heterocycles. The van der Waals surface area contributed by atoms with E-state index in [2.05, 4.69) is 20.8 Å². The lowest BCUT2D eigenvalue weighted by Gasteiger charge is -2.06. The van der Waals surface area contributed by atoms with Crippen molar-refractivity contribution in [1.82, 2.24) is 25.5 Å². The maximum Gasteiger partial charge on any atom is 0.270 e. The van der Waals surface area contributed by atoms with Gasteiger partial charge in [0.05, 0.1) is 17.2 Å². The number of tetrazole rings is 1. The van der Waals surface area contributed by atoms with E-state index < -0.39 is 16.6 Å². The maximum absolute atomic E-state index is 13.0. The number of carbonyl (C=O) groups is 1. The average Bonchev–Trinajstić information content (AvgIpc) is 3.09. The molecule has 0 aliphatic rings. The summed E-state index contributed by atoms with van der Waals surface area (Å²) < 4.78 is 14.3. The summed E-state index contributed by atoms with van der Waals surface area (Å²) in [6.07, 6.45) is 0. The number of hydrogen-bond donors (Lipinski definition) is 1. The van der Waals surface area contributed by atoms with Crippen LogP contribution < -0.4 is 5.32 Å². The number of halogens is 1. The lowest BCUT2D eigenvalue weighted by Crippen LogP contribution is -2.24. The number of nitrogens with zero attached hydrogens (tertiary/aromatic N) is 5. The fourth-order valence-electron chi connectivity index (χ4n) is 2.12. The van der Waals surface area contributed by atoms with Crippen LogP contribution in [0.1, 0.15) is 16.2 Å². The van der Waals surface area contributed by atoms with Gasteiger partial charge in [0.2, 0.25) is 0 Å². The van der Waals surface area contributed by atoms with Gasteiger partial charge in [0.1, 0.15) is 5.82 Å². The Bertz CT molecular complexity index is 925. The number of amides is 1. The molecule has 126 valence electrons. The molecular weight excluding hydrogens is 331 g/mol. The van der Waals surface area contributed by atoms with Gasteiger partial charge in [0.15, 0.2) is 5.82 Å². The van der Waals surface area contributed by atoms with Gasteiger partial charge in [0, 0.05) is 17.7 Å². The number of nitro benzene ring substituents is 1. The van der Waals surface area contributed by atoms with Crippen molar-refractivity contribution >= 4 is 11.6 Å². The Hall–Kier alpha value is -3.69. The van der Waals surface area contributed by atoms with Crippen molar-refractivity contribution in [3.8, 4) is 5.69 Å². The molecule has 25 heavy (non-hydrogen) atoms. The summed E-state index contributed by atoms with van der Waals surface area (Å²) in [4.78, 5) is 22.3. The van der Waals surface area contributed by atoms with Gasteiger partial charge in [-0.2, -0.15) is 4.68 Å². The highest BCUT2D eigenvalue weighted by Gasteiger charge is 2.13. The Balaban J connectivity index is 1.73. The van der Waals surface area contributed by atoms with Crippen molar-refractivity contribution in [2.24, 2.45) is 0 Å². The summed E-state index contributed by atoms with van der Waals surface area (Å²) in [5.41, 5.74) is 0.504. The first kappa shape index (κ1) is 16.2. The van der Waals surface area contributed by atoms with E-state index >= 15 is 0 Å². The van der Waals surface area contributed by atoms with Crippen molar-refractivity contribution in [3.63, 3.8) is 0 Å². The number of rotatable bonds is 5. The van der Waals surface area contributed by atoms with E-state index in [1.165, 1.54) is 53.2 Å². The average molecular weight is 342 g/mol. The summed E-state index contributed by atoms with van der Waals surface area (Å²) in [5.74, 6) is -0.569. The van der Waals surface area contributed by atoms with Crippen LogP contribution in [0, 0.1) is 15.9 Å². The van der Waals surface area contributed by atoms with Gasteiger partial charge in [-0.3, -0.25) is 14.9 Å². The molecule has 0 fully saturated rings. The summed E-state index contributed by atoms with van der Waals surface area (Å²) in [6.45, 7) is -0.00803. The van der Waals surface area contributed by atoms with Crippen LogP contribution in [0.15, 0.2) is 48.5 Å². The van der Waals surface area contributed by atoms with Crippen molar-refractivity contribution < 1.29 is 14.1 Å². The van der Waals surface area contributed by atoms with Crippen LogP contribution in [-0.4, -0.2) is 31.0 Å². The highest BCUT2D eigenvalue weighted by molar-refractivity contribution is 5.94. The molecular formula is C15H11FN6O3. The van der Waals surface area contributed by atoms with E-state index in [4.69, 9.17) is 0 Å². The molecule has 3 rings (SSSR count). The molecule has 1 amide bonds. The molecule has 1 aromatic heterocycles. The highest BCUT2D eigenvalue weighted by Crippen LogP contribution is 2.13. The Morgan fingerprint density at radius 2 is 2.00 bits per heavy atom. The molecule has 1 N–H and O–H groups in total. The van der Waals surface area contributed by atoms with Crippen LogP contribution in [0.2, 0.25) is 0 Å². The number of aromatic nitrogens is 4. The molecule has 0 atom stereocenters. The van der Waals surface area contributed by atoms with Gasteiger partial charge in [-0.25, -0.2) is 4.39 Å². The second-order valence-electron chi connectivity index (χ2n) is 4.97. The van der Waals surface area contributed by atoms with Gasteiger partial charge in [-0.1, -0.05) is 6.07 Å². The second-order valence-corrected chi connectivity index (χ2v) is 4.97. The molecule has 0 spiro atoms. The number of nitro groups is 1.